The minimum atomic E-state index is 0.195. The summed E-state index contributed by atoms with van der Waals surface area (Å²) in [5.74, 6) is 0. The van der Waals surface area contributed by atoms with Crippen LogP contribution in [0, 0.1) is 0 Å². The number of aromatic nitrogens is 3. The molecule has 0 aromatic carbocycles. The van der Waals surface area contributed by atoms with Gasteiger partial charge in [0.1, 0.15) is 19.8 Å². The molecule has 1 aromatic rings. The summed E-state index contributed by atoms with van der Waals surface area (Å²) in [4.78, 5) is 12.8. The Morgan fingerprint density at radius 3 is 0.889 bits per heavy atom. The van der Waals surface area contributed by atoms with Gasteiger partial charge in [-0.15, -0.1) is 15.0 Å². The molecule has 0 aliphatic carbocycles. The fourth-order valence-electron chi connectivity index (χ4n) is 1.47. The number of nitrogens with zero attached hydrogens (tertiary/aromatic N) is 3. The molecule has 0 aliphatic rings. The van der Waals surface area contributed by atoms with E-state index in [4.69, 9.17) is 14.2 Å². The normalized spacial score (nSPS) is 10.1. The van der Waals surface area contributed by atoms with Crippen LogP contribution in [0.15, 0.2) is 33.4 Å². The molecule has 0 saturated carbocycles. The van der Waals surface area contributed by atoms with Crippen LogP contribution in [0.2, 0.25) is 0 Å². The number of ether oxygens (including phenoxy) is 3. The zero-order valence-electron chi connectivity index (χ0n) is 18.2. The van der Waals surface area contributed by atoms with Gasteiger partial charge in [-0.3, -0.25) is 0 Å². The Morgan fingerprint density at radius 1 is 0.481 bits per heavy atom. The molecule has 0 unspecified atom stereocenters. The van der Waals surface area contributed by atoms with E-state index in [1.165, 1.54) is 16.7 Å². The molecule has 0 amide bonds. The van der Waals surface area contributed by atoms with E-state index >= 15 is 0 Å². The summed E-state index contributed by atoms with van der Waals surface area (Å²) < 4.78 is 17.1. The van der Waals surface area contributed by atoms with Crippen molar-refractivity contribution in [2.24, 2.45) is 0 Å². The molecule has 6 nitrogen and oxygen atoms in total. The van der Waals surface area contributed by atoms with E-state index in [0.29, 0.717) is 19.8 Å². The minimum absolute atomic E-state index is 0.195. The van der Waals surface area contributed by atoms with E-state index in [0.717, 1.165) is 16.7 Å². The third-order valence-electron chi connectivity index (χ3n) is 4.39. The van der Waals surface area contributed by atoms with Gasteiger partial charge in [0, 0.05) is 0 Å². The van der Waals surface area contributed by atoms with E-state index in [2.05, 4.69) is 15.0 Å². The van der Waals surface area contributed by atoms with Crippen LogP contribution in [-0.2, 0) is 0 Å². The third kappa shape index (κ3) is 8.24. The van der Waals surface area contributed by atoms with Crippen LogP contribution < -0.4 is 14.2 Å². The Hall–Kier alpha value is -2.37. The van der Waals surface area contributed by atoms with E-state index in [1.807, 2.05) is 62.3 Å². The topological polar surface area (TPSA) is 66.4 Å². The van der Waals surface area contributed by atoms with Crippen molar-refractivity contribution >= 4 is 0 Å². The maximum Gasteiger partial charge on any atom is 0.326 e. The molecule has 150 valence electrons. The second kappa shape index (κ2) is 10.7. The Morgan fingerprint density at radius 2 is 0.704 bits per heavy atom. The molecule has 0 atom stereocenters. The second-order valence-electron chi connectivity index (χ2n) is 7.39. The lowest BCUT2D eigenvalue weighted by Crippen LogP contribution is -2.11. The highest BCUT2D eigenvalue weighted by Crippen LogP contribution is 2.17. The lowest BCUT2D eigenvalue weighted by Gasteiger charge is -2.12. The van der Waals surface area contributed by atoms with Gasteiger partial charge in [0.2, 0.25) is 0 Å². The Bertz CT molecular complexity index is 625. The van der Waals surface area contributed by atoms with Crippen LogP contribution in [0.4, 0.5) is 0 Å². The average molecular weight is 376 g/mol. The Labute approximate surface area is 163 Å². The molecule has 0 aliphatic heterocycles. The molecule has 1 rings (SSSR count). The number of hydrogen-bond acceptors (Lipinski definition) is 6. The van der Waals surface area contributed by atoms with E-state index in [-0.39, 0.29) is 18.0 Å². The highest BCUT2D eigenvalue weighted by molar-refractivity contribution is 5.15. The van der Waals surface area contributed by atoms with Gasteiger partial charge >= 0.3 is 18.0 Å². The fraction of sp³-hybridized carbons (Fsp3) is 0.571. The first kappa shape index (κ1) is 22.7. The van der Waals surface area contributed by atoms with Gasteiger partial charge < -0.3 is 14.2 Å². The highest BCUT2D eigenvalue weighted by Gasteiger charge is 2.11. The zero-order chi connectivity index (χ0) is 20.6. The summed E-state index contributed by atoms with van der Waals surface area (Å²) in [6, 6.07) is 0.584. The molecule has 0 N–H and O–H groups in total. The summed E-state index contributed by atoms with van der Waals surface area (Å²) in [5, 5.41) is 0. The largest absolute Gasteiger partial charge is 0.459 e. The summed E-state index contributed by atoms with van der Waals surface area (Å²) in [5.41, 5.74) is 6.99. The third-order valence-corrected chi connectivity index (χ3v) is 4.39. The summed E-state index contributed by atoms with van der Waals surface area (Å²) in [7, 11) is 0. The Balaban J connectivity index is 3.01. The average Bonchev–Trinajstić information content (AvgIpc) is 2.61. The van der Waals surface area contributed by atoms with Crippen LogP contribution in [0.25, 0.3) is 0 Å². The number of hydrogen-bond donors (Lipinski definition) is 0. The van der Waals surface area contributed by atoms with Gasteiger partial charge in [-0.1, -0.05) is 16.7 Å². The van der Waals surface area contributed by atoms with Crippen LogP contribution in [0.1, 0.15) is 62.3 Å². The van der Waals surface area contributed by atoms with Gasteiger partial charge in [-0.2, -0.15) is 0 Å². The molecule has 0 spiro atoms. The van der Waals surface area contributed by atoms with Gasteiger partial charge in [0.15, 0.2) is 0 Å². The molecular formula is C21H33N3O3. The van der Waals surface area contributed by atoms with Crippen LogP contribution in [0.3, 0.4) is 0 Å². The van der Waals surface area contributed by atoms with Crippen LogP contribution in [0.5, 0.6) is 18.0 Å². The maximum atomic E-state index is 5.71. The molecular weight excluding hydrogens is 342 g/mol. The molecule has 6 heteroatoms. The van der Waals surface area contributed by atoms with Crippen molar-refractivity contribution in [2.75, 3.05) is 19.8 Å². The molecule has 0 saturated heterocycles. The molecule has 1 aromatic heterocycles. The predicted octanol–water partition coefficient (Wildman–Crippen LogP) is 5.08. The first-order chi connectivity index (χ1) is 12.6. The lowest BCUT2D eigenvalue weighted by molar-refractivity contribution is 0.259. The quantitative estimate of drug-likeness (QED) is 0.561. The standard InChI is InChI=1S/C21H33N3O3/c1-13(2)16(7)10-25-19-22-20(26-11-17(8)14(3)4)24-21(23-19)27-12-18(9)15(5)6/h10-12H2,1-9H3. The fourth-order valence-corrected chi connectivity index (χ4v) is 1.47. The van der Waals surface area contributed by atoms with Crippen molar-refractivity contribution in [3.63, 3.8) is 0 Å². The molecule has 0 radical (unpaired) electrons. The molecule has 27 heavy (non-hydrogen) atoms. The molecule has 1 heterocycles. The maximum absolute atomic E-state index is 5.71. The highest BCUT2D eigenvalue weighted by atomic mass is 16.5. The van der Waals surface area contributed by atoms with Crippen molar-refractivity contribution in [1.29, 1.82) is 0 Å². The van der Waals surface area contributed by atoms with Gasteiger partial charge in [0.25, 0.3) is 0 Å². The first-order valence-electron chi connectivity index (χ1n) is 9.13. The minimum Gasteiger partial charge on any atom is -0.459 e. The van der Waals surface area contributed by atoms with Crippen molar-refractivity contribution in [2.45, 2.75) is 62.3 Å². The SMILES string of the molecule is CC(C)=C(C)COc1nc(OCC(C)=C(C)C)nc(OCC(C)=C(C)C)n1. The van der Waals surface area contributed by atoms with Crippen LogP contribution >= 0.6 is 0 Å². The summed E-state index contributed by atoms with van der Waals surface area (Å²) >= 11 is 0. The smallest absolute Gasteiger partial charge is 0.326 e. The Kier molecular flexibility index (Phi) is 8.98. The van der Waals surface area contributed by atoms with Gasteiger partial charge in [-0.25, -0.2) is 0 Å². The van der Waals surface area contributed by atoms with E-state index in [9.17, 15) is 0 Å². The van der Waals surface area contributed by atoms with Gasteiger partial charge in [-0.05, 0) is 79.0 Å². The second-order valence-corrected chi connectivity index (χ2v) is 7.39. The van der Waals surface area contributed by atoms with Crippen molar-refractivity contribution in [1.82, 2.24) is 15.0 Å². The zero-order valence-corrected chi connectivity index (χ0v) is 18.2. The summed E-state index contributed by atoms with van der Waals surface area (Å²) in [6.07, 6.45) is 0. The number of rotatable bonds is 9. The van der Waals surface area contributed by atoms with E-state index in [1.54, 1.807) is 0 Å². The molecule has 0 fully saturated rings. The van der Waals surface area contributed by atoms with Crippen molar-refractivity contribution in [3.8, 4) is 18.0 Å². The summed E-state index contributed by atoms with van der Waals surface area (Å²) in [6.45, 7) is 19.5. The van der Waals surface area contributed by atoms with Crippen molar-refractivity contribution in [3.05, 3.63) is 33.4 Å². The predicted molar refractivity (Wildman–Crippen MR) is 108 cm³/mol. The lowest BCUT2D eigenvalue weighted by atomic mass is 10.2. The van der Waals surface area contributed by atoms with Gasteiger partial charge in [0.05, 0.1) is 0 Å². The molecule has 0 bridgehead atoms. The van der Waals surface area contributed by atoms with E-state index < -0.39 is 0 Å². The van der Waals surface area contributed by atoms with Crippen molar-refractivity contribution < 1.29 is 14.2 Å². The van der Waals surface area contributed by atoms with Crippen LogP contribution in [-0.4, -0.2) is 34.8 Å². The number of allylic oxidation sites excluding steroid dienone is 3. The first-order valence-corrected chi connectivity index (χ1v) is 9.13. The monoisotopic (exact) mass is 375 g/mol.